The highest BCUT2D eigenvalue weighted by molar-refractivity contribution is 5.89. The highest BCUT2D eigenvalue weighted by Gasteiger charge is 2.38. The molecule has 0 saturated heterocycles. The molecular formula is C63H55N. The van der Waals surface area contributed by atoms with Gasteiger partial charge in [-0.25, -0.2) is 0 Å². The molecule has 1 nitrogen and oxygen atoms in total. The number of aryl methyl sites for hydroxylation is 1. The van der Waals surface area contributed by atoms with Crippen molar-refractivity contribution in [2.75, 3.05) is 4.90 Å². The molecule has 0 aliphatic heterocycles. The average Bonchev–Trinajstić information content (AvgIpc) is 3.77. The van der Waals surface area contributed by atoms with E-state index in [-0.39, 0.29) is 16.2 Å². The van der Waals surface area contributed by atoms with Crippen LogP contribution in [0.5, 0.6) is 0 Å². The zero-order valence-corrected chi connectivity index (χ0v) is 38.3. The second-order valence-corrected chi connectivity index (χ2v) is 19.9. The lowest BCUT2D eigenvalue weighted by Gasteiger charge is -2.28. The Morgan fingerprint density at radius 2 is 0.781 bits per heavy atom. The molecule has 0 radical (unpaired) electrons. The number of fused-ring (bicyclic) bond motifs is 9. The van der Waals surface area contributed by atoms with Crippen molar-refractivity contribution in [1.29, 1.82) is 0 Å². The standard InChI is InChI=1S/C63H55N/c1-9-13-41-20-29-50-51-30-21-42(36-57(51)62(5,6)56(50)35-41)18-19-43-22-31-52-54-33-28-48(39-60(54)63(7,8)58(52)37-43)64(47-15-12-14-40(2)34-47)46-26-23-44(24-27-46)45-25-32-53-49-16-10-11-17-55(49)61(3,4)59(53)38-45/h9-39H,1-8H3. The Morgan fingerprint density at radius 1 is 0.344 bits per heavy atom. The summed E-state index contributed by atoms with van der Waals surface area (Å²) < 4.78 is 0. The van der Waals surface area contributed by atoms with E-state index in [1.54, 1.807) is 0 Å². The third-order valence-corrected chi connectivity index (χ3v) is 14.8. The smallest absolute Gasteiger partial charge is 0.0465 e. The van der Waals surface area contributed by atoms with Gasteiger partial charge in [-0.1, -0.05) is 187 Å². The van der Waals surface area contributed by atoms with Crippen LogP contribution >= 0.6 is 0 Å². The van der Waals surface area contributed by atoms with Gasteiger partial charge in [-0.2, -0.15) is 0 Å². The van der Waals surface area contributed by atoms with E-state index in [0.717, 1.165) is 17.1 Å². The number of allylic oxidation sites excluding steroid dienone is 1. The van der Waals surface area contributed by atoms with Gasteiger partial charge in [-0.3, -0.25) is 0 Å². The Balaban J connectivity index is 0.894. The minimum Gasteiger partial charge on any atom is -0.310 e. The van der Waals surface area contributed by atoms with Gasteiger partial charge in [0.2, 0.25) is 0 Å². The second kappa shape index (κ2) is 14.5. The quantitative estimate of drug-likeness (QED) is 0.145. The molecule has 312 valence electrons. The molecule has 0 unspecified atom stereocenters. The summed E-state index contributed by atoms with van der Waals surface area (Å²) in [5.74, 6) is 0. The molecule has 0 bridgehead atoms. The summed E-state index contributed by atoms with van der Waals surface area (Å²) in [5.41, 5.74) is 27.0. The Hall–Kier alpha value is -6.96. The van der Waals surface area contributed by atoms with E-state index < -0.39 is 0 Å². The van der Waals surface area contributed by atoms with Crippen molar-refractivity contribution >= 4 is 35.3 Å². The molecule has 3 aliphatic carbocycles. The predicted octanol–water partition coefficient (Wildman–Crippen LogP) is 17.3. The van der Waals surface area contributed by atoms with E-state index in [2.05, 4.69) is 248 Å². The molecule has 11 rings (SSSR count). The summed E-state index contributed by atoms with van der Waals surface area (Å²) in [6, 6.07) is 62.0. The summed E-state index contributed by atoms with van der Waals surface area (Å²) in [5, 5.41) is 0. The Morgan fingerprint density at radius 3 is 1.36 bits per heavy atom. The van der Waals surface area contributed by atoms with E-state index in [9.17, 15) is 0 Å². The summed E-state index contributed by atoms with van der Waals surface area (Å²) in [6.45, 7) is 18.5. The van der Waals surface area contributed by atoms with E-state index in [4.69, 9.17) is 0 Å². The van der Waals surface area contributed by atoms with Crippen LogP contribution < -0.4 is 4.90 Å². The minimum atomic E-state index is -0.178. The lowest BCUT2D eigenvalue weighted by atomic mass is 9.81. The fourth-order valence-electron chi connectivity index (χ4n) is 11.3. The lowest BCUT2D eigenvalue weighted by molar-refractivity contribution is 0.660. The topological polar surface area (TPSA) is 3.24 Å². The van der Waals surface area contributed by atoms with Gasteiger partial charge in [0.1, 0.15) is 0 Å². The maximum absolute atomic E-state index is 2.44. The molecule has 0 heterocycles. The van der Waals surface area contributed by atoms with Crippen LogP contribution in [0.25, 0.3) is 62.7 Å². The first-order valence-corrected chi connectivity index (χ1v) is 22.9. The van der Waals surface area contributed by atoms with Crippen molar-refractivity contribution in [3.8, 4) is 44.5 Å². The molecule has 3 aliphatic rings. The van der Waals surface area contributed by atoms with Gasteiger partial charge in [0.15, 0.2) is 0 Å². The van der Waals surface area contributed by atoms with Crippen LogP contribution in [0.2, 0.25) is 0 Å². The van der Waals surface area contributed by atoms with Crippen LogP contribution in [0, 0.1) is 6.92 Å². The molecular weight excluding hydrogens is 771 g/mol. The number of hydrogen-bond acceptors (Lipinski definition) is 1. The van der Waals surface area contributed by atoms with Crippen LogP contribution in [0.15, 0.2) is 170 Å². The fraction of sp³-hybridized carbons (Fsp3) is 0.175. The first kappa shape index (κ1) is 39.9. The number of rotatable bonds is 7. The van der Waals surface area contributed by atoms with Crippen LogP contribution in [-0.4, -0.2) is 0 Å². The molecule has 8 aromatic rings. The molecule has 0 N–H and O–H groups in total. The van der Waals surface area contributed by atoms with Crippen LogP contribution in [0.1, 0.15) is 104 Å². The molecule has 0 fully saturated rings. The number of hydrogen-bond donors (Lipinski definition) is 0. The molecule has 8 aromatic carbocycles. The number of anilines is 3. The molecule has 0 amide bonds. The molecule has 0 atom stereocenters. The molecule has 0 aromatic heterocycles. The molecule has 0 spiro atoms. The summed E-state index contributed by atoms with van der Waals surface area (Å²) in [6.07, 6.45) is 8.89. The summed E-state index contributed by atoms with van der Waals surface area (Å²) in [4.78, 5) is 2.42. The van der Waals surface area contributed by atoms with Crippen LogP contribution in [-0.2, 0) is 16.2 Å². The van der Waals surface area contributed by atoms with E-state index in [0.29, 0.717) is 0 Å². The largest absolute Gasteiger partial charge is 0.310 e. The van der Waals surface area contributed by atoms with Crippen LogP contribution in [0.4, 0.5) is 17.1 Å². The molecule has 64 heavy (non-hydrogen) atoms. The zero-order valence-electron chi connectivity index (χ0n) is 38.3. The Kier molecular flexibility index (Phi) is 9.06. The Bertz CT molecular complexity index is 3260. The molecule has 1 heteroatoms. The monoisotopic (exact) mass is 825 g/mol. The summed E-state index contributed by atoms with van der Waals surface area (Å²) in [7, 11) is 0. The normalized spacial score (nSPS) is 15.4. The first-order valence-electron chi connectivity index (χ1n) is 22.9. The van der Waals surface area contributed by atoms with Crippen molar-refractivity contribution in [1.82, 2.24) is 0 Å². The average molecular weight is 826 g/mol. The van der Waals surface area contributed by atoms with E-state index in [1.165, 1.54) is 100 Å². The van der Waals surface area contributed by atoms with E-state index >= 15 is 0 Å². The van der Waals surface area contributed by atoms with Crippen molar-refractivity contribution in [2.24, 2.45) is 0 Å². The van der Waals surface area contributed by atoms with Gasteiger partial charge in [-0.05, 0) is 156 Å². The first-order chi connectivity index (χ1) is 30.8. The minimum absolute atomic E-state index is 0.0331. The predicted molar refractivity (Wildman–Crippen MR) is 274 cm³/mol. The van der Waals surface area contributed by atoms with Crippen molar-refractivity contribution in [3.05, 3.63) is 226 Å². The number of benzene rings is 8. The lowest BCUT2D eigenvalue weighted by Crippen LogP contribution is -2.16. The third kappa shape index (κ3) is 6.20. The van der Waals surface area contributed by atoms with Gasteiger partial charge >= 0.3 is 0 Å². The third-order valence-electron chi connectivity index (χ3n) is 14.8. The van der Waals surface area contributed by atoms with Crippen LogP contribution in [0.3, 0.4) is 0 Å². The van der Waals surface area contributed by atoms with Gasteiger partial charge in [0, 0.05) is 33.3 Å². The van der Waals surface area contributed by atoms with Gasteiger partial charge < -0.3 is 4.90 Å². The van der Waals surface area contributed by atoms with Gasteiger partial charge in [0.05, 0.1) is 0 Å². The Labute approximate surface area is 380 Å². The highest BCUT2D eigenvalue weighted by atomic mass is 15.1. The molecule has 0 saturated carbocycles. The maximum atomic E-state index is 2.44. The summed E-state index contributed by atoms with van der Waals surface area (Å²) >= 11 is 0. The van der Waals surface area contributed by atoms with Gasteiger partial charge in [-0.15, -0.1) is 0 Å². The second-order valence-electron chi connectivity index (χ2n) is 19.9. The van der Waals surface area contributed by atoms with Crippen molar-refractivity contribution < 1.29 is 0 Å². The fourth-order valence-corrected chi connectivity index (χ4v) is 11.3. The SMILES string of the molecule is CC=Cc1ccc2c(c1)C(C)(C)c1cc(C=Cc3ccc4c(c3)C(C)(C)c3cc(N(c5ccc(-c6ccc7c(c6)C(C)(C)c6ccccc6-7)cc5)c5cccc(C)c5)ccc3-4)ccc1-2. The highest BCUT2D eigenvalue weighted by Crippen LogP contribution is 2.53. The maximum Gasteiger partial charge on any atom is 0.0465 e. The van der Waals surface area contributed by atoms with Crippen molar-refractivity contribution in [2.45, 2.75) is 71.6 Å². The van der Waals surface area contributed by atoms with Crippen molar-refractivity contribution in [3.63, 3.8) is 0 Å². The number of nitrogens with zero attached hydrogens (tertiary/aromatic N) is 1. The van der Waals surface area contributed by atoms with E-state index in [1.807, 2.05) is 0 Å². The zero-order chi connectivity index (χ0) is 44.1. The van der Waals surface area contributed by atoms with Gasteiger partial charge in [0.25, 0.3) is 0 Å².